The van der Waals surface area contributed by atoms with Crippen LogP contribution in [0.3, 0.4) is 0 Å². The number of aryl methyl sites for hydroxylation is 1. The third kappa shape index (κ3) is 4.93. The summed E-state index contributed by atoms with van der Waals surface area (Å²) in [5.74, 6) is 0.490. The Kier molecular flexibility index (Phi) is 7.28. The molecule has 0 bridgehead atoms. The van der Waals surface area contributed by atoms with E-state index in [1.54, 1.807) is 18.2 Å². The van der Waals surface area contributed by atoms with Crippen molar-refractivity contribution >= 4 is 39.0 Å². The van der Waals surface area contributed by atoms with E-state index < -0.39 is 11.9 Å². The fraction of sp³-hybridized carbons (Fsp3) is 0.200. The number of hydrogen-bond donors (Lipinski definition) is 1. The molecule has 1 aromatic heterocycles. The molecule has 0 saturated heterocycles. The molecule has 0 amide bonds. The predicted octanol–water partition coefficient (Wildman–Crippen LogP) is 7.48. The zero-order chi connectivity index (χ0) is 26.8. The van der Waals surface area contributed by atoms with E-state index in [1.165, 1.54) is 11.3 Å². The highest BCUT2D eigenvalue weighted by atomic mass is 35.5. The van der Waals surface area contributed by atoms with Crippen LogP contribution < -0.4 is 19.9 Å². The topological polar surface area (TPSA) is 94.6 Å². The van der Waals surface area contributed by atoms with Crippen molar-refractivity contribution in [3.63, 3.8) is 0 Å². The average Bonchev–Trinajstić information content (AvgIpc) is 3.23. The highest BCUT2D eigenvalue weighted by Crippen LogP contribution is 2.44. The quantitative estimate of drug-likeness (QED) is 0.147. The van der Waals surface area contributed by atoms with Crippen LogP contribution >= 0.6 is 22.9 Å². The molecule has 192 valence electrons. The average molecular weight is 545 g/mol. The van der Waals surface area contributed by atoms with Crippen molar-refractivity contribution in [1.29, 1.82) is 5.26 Å². The van der Waals surface area contributed by atoms with Crippen LogP contribution in [-0.2, 0) is 0 Å². The van der Waals surface area contributed by atoms with E-state index in [0.717, 1.165) is 45.4 Å². The molecule has 0 fully saturated rings. The standard InChI is InChI=1S/C30H25ClN2O4S/c1-3-4-13-35-19-8-6-18(7-9-19)26-21-12-10-20(15-24(21)37-29(33)23(26)16-32)36-30(34)28-27(31)22-11-5-17(2)14-25(22)38-28/h5-12,14-15,26H,3-4,13,33H2,1-2H3. The number of hydrogen-bond acceptors (Lipinski definition) is 7. The summed E-state index contributed by atoms with van der Waals surface area (Å²) < 4.78 is 18.1. The molecule has 0 radical (unpaired) electrons. The molecule has 38 heavy (non-hydrogen) atoms. The third-order valence-corrected chi connectivity index (χ3v) is 7.99. The van der Waals surface area contributed by atoms with Gasteiger partial charge in [-0.3, -0.25) is 0 Å². The Morgan fingerprint density at radius 3 is 2.63 bits per heavy atom. The smallest absolute Gasteiger partial charge is 0.355 e. The second-order valence-corrected chi connectivity index (χ2v) is 10.5. The number of ether oxygens (including phenoxy) is 3. The van der Waals surface area contributed by atoms with Crippen LogP contribution in [0.1, 0.15) is 52.0 Å². The van der Waals surface area contributed by atoms with Gasteiger partial charge in [0.1, 0.15) is 33.8 Å². The summed E-state index contributed by atoms with van der Waals surface area (Å²) in [6, 6.07) is 20.7. The summed E-state index contributed by atoms with van der Waals surface area (Å²) in [5, 5.41) is 11.0. The number of unbranched alkanes of at least 4 members (excludes halogenated alkanes) is 1. The molecule has 0 spiro atoms. The molecule has 0 saturated carbocycles. The lowest BCUT2D eigenvalue weighted by atomic mass is 9.83. The van der Waals surface area contributed by atoms with Crippen molar-refractivity contribution in [2.24, 2.45) is 5.73 Å². The minimum absolute atomic E-state index is 0.0136. The number of halogens is 1. The number of carbonyl (C=O) groups excluding carboxylic acids is 1. The van der Waals surface area contributed by atoms with Gasteiger partial charge in [-0.2, -0.15) is 5.26 Å². The number of nitriles is 1. The van der Waals surface area contributed by atoms with Gasteiger partial charge in [-0.1, -0.05) is 55.3 Å². The maximum atomic E-state index is 13.0. The van der Waals surface area contributed by atoms with E-state index in [0.29, 0.717) is 27.8 Å². The van der Waals surface area contributed by atoms with Crippen molar-refractivity contribution in [3.8, 4) is 23.3 Å². The molecule has 2 heterocycles. The van der Waals surface area contributed by atoms with Gasteiger partial charge in [-0.25, -0.2) is 4.79 Å². The summed E-state index contributed by atoms with van der Waals surface area (Å²) in [4.78, 5) is 13.3. The maximum absolute atomic E-state index is 13.0. The Morgan fingerprint density at radius 1 is 1.13 bits per heavy atom. The largest absolute Gasteiger partial charge is 0.494 e. The summed E-state index contributed by atoms with van der Waals surface area (Å²) in [7, 11) is 0. The molecule has 4 aromatic rings. The lowest BCUT2D eigenvalue weighted by Crippen LogP contribution is -2.21. The highest BCUT2D eigenvalue weighted by molar-refractivity contribution is 7.21. The monoisotopic (exact) mass is 544 g/mol. The van der Waals surface area contributed by atoms with Gasteiger partial charge in [0.15, 0.2) is 0 Å². The highest BCUT2D eigenvalue weighted by Gasteiger charge is 2.31. The van der Waals surface area contributed by atoms with Crippen molar-refractivity contribution in [1.82, 2.24) is 0 Å². The fourth-order valence-corrected chi connectivity index (χ4v) is 5.87. The van der Waals surface area contributed by atoms with Gasteiger partial charge < -0.3 is 19.9 Å². The van der Waals surface area contributed by atoms with Gasteiger partial charge in [-0.15, -0.1) is 11.3 Å². The molecule has 1 unspecified atom stereocenters. The van der Waals surface area contributed by atoms with Crippen LogP contribution in [0.5, 0.6) is 17.2 Å². The van der Waals surface area contributed by atoms with Gasteiger partial charge >= 0.3 is 5.97 Å². The zero-order valence-electron chi connectivity index (χ0n) is 20.9. The molecular formula is C30H25ClN2O4S. The van der Waals surface area contributed by atoms with Gasteiger partial charge in [0.25, 0.3) is 0 Å². The van der Waals surface area contributed by atoms with Gasteiger partial charge in [0.2, 0.25) is 5.88 Å². The van der Waals surface area contributed by atoms with Gasteiger partial charge in [0.05, 0.1) is 17.5 Å². The molecule has 3 aromatic carbocycles. The number of esters is 1. The number of nitrogens with zero attached hydrogens (tertiary/aromatic N) is 1. The second kappa shape index (κ2) is 10.8. The minimum Gasteiger partial charge on any atom is -0.494 e. The Labute approximate surface area is 229 Å². The lowest BCUT2D eigenvalue weighted by Gasteiger charge is -2.26. The number of fused-ring (bicyclic) bond motifs is 2. The molecule has 1 aliphatic rings. The second-order valence-electron chi connectivity index (χ2n) is 9.03. The van der Waals surface area contributed by atoms with E-state index >= 15 is 0 Å². The Balaban J connectivity index is 1.42. The molecule has 2 N–H and O–H groups in total. The third-order valence-electron chi connectivity index (χ3n) is 6.35. The normalized spacial score (nSPS) is 14.5. The summed E-state index contributed by atoms with van der Waals surface area (Å²) in [5.41, 5.74) is 9.15. The van der Waals surface area contributed by atoms with Crippen LogP contribution in [0.15, 0.2) is 72.1 Å². The SMILES string of the molecule is CCCCOc1ccc(C2C(C#N)=C(N)Oc3cc(OC(=O)c4sc5cc(C)ccc5c4Cl)ccc32)cc1. The Morgan fingerprint density at radius 2 is 1.89 bits per heavy atom. The maximum Gasteiger partial charge on any atom is 0.355 e. The number of benzene rings is 3. The molecule has 1 aliphatic heterocycles. The number of allylic oxidation sites excluding steroid dienone is 1. The number of carbonyl (C=O) groups is 1. The van der Waals surface area contributed by atoms with Crippen LogP contribution in [0.2, 0.25) is 5.02 Å². The predicted molar refractivity (Wildman–Crippen MR) is 149 cm³/mol. The lowest BCUT2D eigenvalue weighted by molar-refractivity contribution is 0.0740. The van der Waals surface area contributed by atoms with E-state index in [2.05, 4.69) is 13.0 Å². The first kappa shape index (κ1) is 25.7. The summed E-state index contributed by atoms with van der Waals surface area (Å²) in [6.07, 6.45) is 2.04. The Bertz CT molecular complexity index is 1600. The first-order chi connectivity index (χ1) is 18.4. The van der Waals surface area contributed by atoms with Crippen molar-refractivity contribution in [3.05, 3.63) is 98.7 Å². The molecule has 1 atom stereocenters. The van der Waals surface area contributed by atoms with E-state index in [1.807, 2.05) is 49.4 Å². The van der Waals surface area contributed by atoms with Crippen LogP contribution in [0.25, 0.3) is 10.1 Å². The zero-order valence-corrected chi connectivity index (χ0v) is 22.5. The molecular weight excluding hydrogens is 520 g/mol. The number of rotatable bonds is 7. The molecule has 8 heteroatoms. The Hall–Kier alpha value is -3.99. The number of thiophene rings is 1. The molecule has 0 aliphatic carbocycles. The van der Waals surface area contributed by atoms with Gasteiger partial charge in [0, 0.05) is 21.7 Å². The van der Waals surface area contributed by atoms with E-state index in [4.69, 9.17) is 31.5 Å². The van der Waals surface area contributed by atoms with E-state index in [-0.39, 0.29) is 11.6 Å². The van der Waals surface area contributed by atoms with Crippen LogP contribution in [0, 0.1) is 18.3 Å². The van der Waals surface area contributed by atoms with Crippen LogP contribution in [0.4, 0.5) is 0 Å². The van der Waals surface area contributed by atoms with E-state index in [9.17, 15) is 10.1 Å². The van der Waals surface area contributed by atoms with Crippen molar-refractivity contribution in [2.45, 2.75) is 32.6 Å². The summed E-state index contributed by atoms with van der Waals surface area (Å²) >= 11 is 7.78. The molecule has 6 nitrogen and oxygen atoms in total. The first-order valence-corrected chi connectivity index (χ1v) is 13.4. The van der Waals surface area contributed by atoms with Gasteiger partial charge in [-0.05, 0) is 48.7 Å². The van der Waals surface area contributed by atoms with Crippen molar-refractivity contribution < 1.29 is 19.0 Å². The summed E-state index contributed by atoms with van der Waals surface area (Å²) in [6.45, 7) is 4.75. The van der Waals surface area contributed by atoms with Crippen molar-refractivity contribution in [2.75, 3.05) is 6.61 Å². The van der Waals surface area contributed by atoms with Crippen LogP contribution in [-0.4, -0.2) is 12.6 Å². The number of nitrogens with two attached hydrogens (primary N) is 1. The minimum atomic E-state index is -0.555. The first-order valence-electron chi connectivity index (χ1n) is 12.2. The molecule has 5 rings (SSSR count). The fourth-order valence-electron chi connectivity index (χ4n) is 4.39.